The van der Waals surface area contributed by atoms with Crippen LogP contribution in [-0.4, -0.2) is 5.67 Å². The fourth-order valence-corrected chi connectivity index (χ4v) is 8.13. The van der Waals surface area contributed by atoms with Gasteiger partial charge in [-0.2, -0.15) is 0 Å². The normalized spacial score (nSPS) is 88.5. The predicted molar refractivity (Wildman–Crippen MR) is 49.3 cm³/mol. The van der Waals surface area contributed by atoms with Gasteiger partial charge in [0.15, 0.2) is 0 Å². The zero-order valence-electron chi connectivity index (χ0n) is 8.35. The summed E-state index contributed by atoms with van der Waals surface area (Å²) in [5, 5.41) is 0. The summed E-state index contributed by atoms with van der Waals surface area (Å²) >= 11 is 0. The molecule has 0 amide bonds. The molecule has 2 spiro atoms. The van der Waals surface area contributed by atoms with E-state index in [-0.39, 0.29) is 16.2 Å². The first-order valence-corrected chi connectivity index (χ1v) is 6.41. The van der Waals surface area contributed by atoms with Crippen molar-refractivity contribution in [2.24, 2.45) is 34.0 Å². The molecule has 1 heteroatoms. The Morgan fingerprint density at radius 3 is 1.79 bits per heavy atom. The summed E-state index contributed by atoms with van der Waals surface area (Å²) in [6.45, 7) is 0. The van der Waals surface area contributed by atoms with Crippen LogP contribution in [0.2, 0.25) is 0 Å². The van der Waals surface area contributed by atoms with E-state index in [1.54, 1.807) is 0 Å². The zero-order valence-corrected chi connectivity index (χ0v) is 8.35. The molecule has 74 valence electrons. The fraction of sp³-hybridized carbons (Fsp3) is 1.00. The lowest BCUT2D eigenvalue weighted by Gasteiger charge is -2.80. The highest BCUT2D eigenvalue weighted by Crippen LogP contribution is 3.06. The van der Waals surface area contributed by atoms with Crippen molar-refractivity contribution in [2.75, 3.05) is 0 Å². The Hall–Kier alpha value is -0.0700. The van der Waals surface area contributed by atoms with Gasteiger partial charge in [0.1, 0.15) is 5.67 Å². The van der Waals surface area contributed by atoms with Crippen molar-refractivity contribution in [3.63, 3.8) is 0 Å². The second kappa shape index (κ2) is 1.21. The van der Waals surface area contributed by atoms with Gasteiger partial charge >= 0.3 is 0 Å². The van der Waals surface area contributed by atoms with Crippen molar-refractivity contribution >= 4 is 0 Å². The summed E-state index contributed by atoms with van der Waals surface area (Å²) in [7, 11) is 0. The molecule has 6 aliphatic carbocycles. The van der Waals surface area contributed by atoms with Crippen molar-refractivity contribution in [2.45, 2.75) is 44.2 Å². The zero-order chi connectivity index (χ0) is 8.97. The Morgan fingerprint density at radius 2 is 1.43 bits per heavy atom. The van der Waals surface area contributed by atoms with Crippen molar-refractivity contribution < 1.29 is 4.39 Å². The first-order chi connectivity index (χ1) is 6.72. The minimum Gasteiger partial charge on any atom is -0.242 e. The lowest BCUT2D eigenvalue weighted by Crippen LogP contribution is -2.81. The molecule has 6 rings (SSSR count). The molecule has 0 aromatic heterocycles. The number of rotatable bonds is 0. The molecule has 5 bridgehead atoms. The molecule has 0 aromatic rings. The Kier molecular flexibility index (Phi) is 0.564. The maximum atomic E-state index is 15.3. The number of hydrogen-bond donors (Lipinski definition) is 0. The van der Waals surface area contributed by atoms with Crippen LogP contribution in [-0.2, 0) is 0 Å². The van der Waals surface area contributed by atoms with Gasteiger partial charge in [0.25, 0.3) is 0 Å². The molecule has 0 radical (unpaired) electrons. The fourth-order valence-electron chi connectivity index (χ4n) is 8.13. The molecule has 0 N–H and O–H groups in total. The Morgan fingerprint density at radius 1 is 0.857 bits per heavy atom. The first kappa shape index (κ1) is 6.50. The molecule has 14 heavy (non-hydrogen) atoms. The van der Waals surface area contributed by atoms with Crippen LogP contribution in [0.15, 0.2) is 0 Å². The molecule has 4 atom stereocenters. The molecule has 0 heterocycles. The topological polar surface area (TPSA) is 0 Å². The quantitative estimate of drug-likeness (QED) is 0.551. The maximum Gasteiger partial charge on any atom is 0.128 e. The highest BCUT2D eigenvalue weighted by Gasteiger charge is 3.06. The van der Waals surface area contributed by atoms with E-state index >= 15 is 4.39 Å². The number of halogens is 1. The highest BCUT2D eigenvalue weighted by atomic mass is 19.1. The Labute approximate surface area is 83.2 Å². The van der Waals surface area contributed by atoms with Gasteiger partial charge in [-0.15, -0.1) is 0 Å². The molecule has 0 saturated heterocycles. The number of alkyl halides is 1. The number of fused-ring (bicyclic) bond motifs is 2. The van der Waals surface area contributed by atoms with Gasteiger partial charge < -0.3 is 0 Å². The van der Waals surface area contributed by atoms with Crippen LogP contribution >= 0.6 is 0 Å². The van der Waals surface area contributed by atoms with Crippen molar-refractivity contribution in [3.8, 4) is 0 Å². The summed E-state index contributed by atoms with van der Waals surface area (Å²) < 4.78 is 15.3. The maximum absolute atomic E-state index is 15.3. The summed E-state index contributed by atoms with van der Waals surface area (Å²) in [5.74, 6) is 2.58. The standard InChI is InChI=1S/C13H15F/c14-13-10-3-1-7(10)9-8-2-4-11(8,13)6-12(9,13)5-10/h7-9H,1-6H2. The minimum atomic E-state index is -0.608. The van der Waals surface area contributed by atoms with E-state index in [9.17, 15) is 0 Å². The van der Waals surface area contributed by atoms with Gasteiger partial charge in [0.2, 0.25) is 0 Å². The second-order valence-corrected chi connectivity index (χ2v) is 7.30. The van der Waals surface area contributed by atoms with Gasteiger partial charge in [0.05, 0.1) is 0 Å². The van der Waals surface area contributed by atoms with E-state index in [1.165, 1.54) is 38.5 Å². The lowest BCUT2D eigenvalue weighted by atomic mass is 9.25. The third-order valence-electron chi connectivity index (χ3n) is 8.05. The first-order valence-electron chi connectivity index (χ1n) is 6.41. The van der Waals surface area contributed by atoms with Crippen LogP contribution < -0.4 is 0 Å². The molecule has 0 aromatic carbocycles. The van der Waals surface area contributed by atoms with E-state index in [0.717, 1.165) is 17.8 Å². The van der Waals surface area contributed by atoms with E-state index in [4.69, 9.17) is 0 Å². The predicted octanol–water partition coefficient (Wildman–Crippen LogP) is 2.92. The second-order valence-electron chi connectivity index (χ2n) is 7.30. The number of hydrogen-bond acceptors (Lipinski definition) is 0. The molecular weight excluding hydrogens is 175 g/mol. The van der Waals surface area contributed by atoms with Crippen molar-refractivity contribution in [1.82, 2.24) is 0 Å². The van der Waals surface area contributed by atoms with Crippen LogP contribution in [0, 0.1) is 34.0 Å². The van der Waals surface area contributed by atoms with Crippen LogP contribution in [0.4, 0.5) is 4.39 Å². The SMILES string of the molecule is FC12C34CCC3C3C5CCC51CC32C4. The van der Waals surface area contributed by atoms with Crippen molar-refractivity contribution in [3.05, 3.63) is 0 Å². The molecule has 0 nitrogen and oxygen atoms in total. The van der Waals surface area contributed by atoms with E-state index in [1.807, 2.05) is 0 Å². The molecule has 6 fully saturated rings. The minimum absolute atomic E-state index is 0.271. The summed E-state index contributed by atoms with van der Waals surface area (Å²) in [5.41, 5.74) is 0.207. The third-order valence-corrected chi connectivity index (χ3v) is 8.05. The van der Waals surface area contributed by atoms with Crippen LogP contribution in [0.1, 0.15) is 38.5 Å². The summed E-state index contributed by atoms with van der Waals surface area (Å²) in [4.78, 5) is 0. The Bertz CT molecular complexity index is 383. The van der Waals surface area contributed by atoms with Gasteiger partial charge in [-0.1, -0.05) is 0 Å². The van der Waals surface area contributed by atoms with E-state index < -0.39 is 5.67 Å². The van der Waals surface area contributed by atoms with Crippen LogP contribution in [0.25, 0.3) is 0 Å². The molecule has 6 aliphatic rings. The molecular formula is C13H15F. The van der Waals surface area contributed by atoms with Gasteiger partial charge in [-0.05, 0) is 56.3 Å². The smallest absolute Gasteiger partial charge is 0.128 e. The van der Waals surface area contributed by atoms with Crippen LogP contribution in [0.5, 0.6) is 0 Å². The van der Waals surface area contributed by atoms with E-state index in [0.29, 0.717) is 0 Å². The average molecular weight is 190 g/mol. The molecule has 6 saturated carbocycles. The largest absolute Gasteiger partial charge is 0.242 e. The van der Waals surface area contributed by atoms with Gasteiger partial charge in [-0.25, -0.2) is 4.39 Å². The Balaban J connectivity index is 1.76. The van der Waals surface area contributed by atoms with Crippen molar-refractivity contribution in [1.29, 1.82) is 0 Å². The van der Waals surface area contributed by atoms with Gasteiger partial charge in [-0.3, -0.25) is 0 Å². The van der Waals surface area contributed by atoms with Crippen LogP contribution in [0.3, 0.4) is 0 Å². The monoisotopic (exact) mass is 190 g/mol. The van der Waals surface area contributed by atoms with Gasteiger partial charge in [0, 0.05) is 16.2 Å². The highest BCUT2D eigenvalue weighted by molar-refractivity contribution is 5.53. The lowest BCUT2D eigenvalue weighted by molar-refractivity contribution is -0.365. The molecule has 0 aliphatic heterocycles. The summed E-state index contributed by atoms with van der Waals surface area (Å²) in [6.07, 6.45) is 7.88. The van der Waals surface area contributed by atoms with E-state index in [2.05, 4.69) is 0 Å². The average Bonchev–Trinajstić information content (AvgIpc) is 2.47. The third kappa shape index (κ3) is 0.241. The summed E-state index contributed by atoms with van der Waals surface area (Å²) in [6, 6.07) is 0. The molecule has 4 unspecified atom stereocenters.